The second-order valence-electron chi connectivity index (χ2n) is 4.55. The third-order valence-corrected chi connectivity index (χ3v) is 3.32. The Hall–Kier alpha value is -2.17. The zero-order valence-corrected chi connectivity index (χ0v) is 11.2. The highest BCUT2D eigenvalue weighted by Gasteiger charge is 2.37. The number of hydrogen-bond acceptors (Lipinski definition) is 3. The van der Waals surface area contributed by atoms with E-state index in [1.807, 2.05) is 48.5 Å². The van der Waals surface area contributed by atoms with Gasteiger partial charge >= 0.3 is 0 Å². The first-order chi connectivity index (χ1) is 9.81. The Morgan fingerprint density at radius 1 is 1.05 bits per heavy atom. The maximum Gasteiger partial charge on any atom is 0.280 e. The Morgan fingerprint density at radius 3 is 2.50 bits per heavy atom. The second kappa shape index (κ2) is 5.45. The molecule has 1 unspecified atom stereocenters. The zero-order valence-electron chi connectivity index (χ0n) is 11.2. The van der Waals surface area contributed by atoms with Gasteiger partial charge in [0, 0.05) is 11.1 Å². The van der Waals surface area contributed by atoms with E-state index < -0.39 is 6.23 Å². The molecule has 0 N–H and O–H groups in total. The van der Waals surface area contributed by atoms with E-state index in [-0.39, 0.29) is 5.91 Å². The van der Waals surface area contributed by atoms with Gasteiger partial charge in [0.15, 0.2) is 6.23 Å². The molecule has 102 valence electrons. The van der Waals surface area contributed by atoms with Gasteiger partial charge in [0.2, 0.25) is 0 Å². The second-order valence-corrected chi connectivity index (χ2v) is 4.55. The lowest BCUT2D eigenvalue weighted by atomic mass is 10.1. The van der Waals surface area contributed by atoms with Gasteiger partial charge in [0.1, 0.15) is 0 Å². The molecule has 3 rings (SSSR count). The molecule has 0 fully saturated rings. The maximum absolute atomic E-state index is 12.2. The van der Waals surface area contributed by atoms with E-state index >= 15 is 0 Å². The minimum Gasteiger partial charge on any atom is -0.347 e. The van der Waals surface area contributed by atoms with Crippen molar-refractivity contribution >= 4 is 5.91 Å². The quantitative estimate of drug-likeness (QED) is 0.856. The number of benzene rings is 2. The van der Waals surface area contributed by atoms with Crippen molar-refractivity contribution in [1.29, 1.82) is 0 Å². The Labute approximate surface area is 117 Å². The van der Waals surface area contributed by atoms with Crippen LogP contribution in [-0.4, -0.2) is 18.1 Å². The average molecular weight is 269 g/mol. The lowest BCUT2D eigenvalue weighted by Crippen LogP contribution is -2.28. The molecule has 0 radical (unpaired) electrons. The van der Waals surface area contributed by atoms with Crippen LogP contribution in [0.1, 0.15) is 27.7 Å². The molecule has 0 aromatic heterocycles. The van der Waals surface area contributed by atoms with E-state index in [0.717, 1.165) is 11.1 Å². The van der Waals surface area contributed by atoms with Gasteiger partial charge < -0.3 is 4.74 Å². The van der Waals surface area contributed by atoms with E-state index in [2.05, 4.69) is 0 Å². The molecular weight excluding hydrogens is 254 g/mol. The number of rotatable bonds is 4. The van der Waals surface area contributed by atoms with Gasteiger partial charge in [-0.05, 0) is 11.6 Å². The molecule has 2 aromatic rings. The van der Waals surface area contributed by atoms with Crippen LogP contribution >= 0.6 is 0 Å². The van der Waals surface area contributed by atoms with Crippen LogP contribution in [0, 0.1) is 0 Å². The maximum atomic E-state index is 12.2. The van der Waals surface area contributed by atoms with Crippen molar-refractivity contribution in [1.82, 2.24) is 5.06 Å². The first-order valence-electron chi connectivity index (χ1n) is 6.43. The number of amides is 1. The summed E-state index contributed by atoms with van der Waals surface area (Å²) >= 11 is 0. The number of fused-ring (bicyclic) bond motifs is 1. The first-order valence-corrected chi connectivity index (χ1v) is 6.43. The monoisotopic (exact) mass is 269 g/mol. The van der Waals surface area contributed by atoms with Gasteiger partial charge in [0.25, 0.3) is 5.91 Å². The molecule has 4 nitrogen and oxygen atoms in total. The van der Waals surface area contributed by atoms with E-state index in [1.165, 1.54) is 12.2 Å². The van der Waals surface area contributed by atoms with Crippen LogP contribution in [0.25, 0.3) is 0 Å². The van der Waals surface area contributed by atoms with E-state index in [9.17, 15) is 4.79 Å². The Morgan fingerprint density at radius 2 is 1.75 bits per heavy atom. The largest absolute Gasteiger partial charge is 0.347 e. The summed E-state index contributed by atoms with van der Waals surface area (Å²) in [5, 5.41) is 1.27. The molecular formula is C16H15NO3. The molecule has 0 bridgehead atoms. The predicted molar refractivity (Wildman–Crippen MR) is 73.6 cm³/mol. The Balaban J connectivity index is 1.82. The topological polar surface area (TPSA) is 38.8 Å². The summed E-state index contributed by atoms with van der Waals surface area (Å²) in [5.41, 5.74) is 2.53. The standard InChI is InChI=1S/C16H15NO3/c1-19-17-15(18)13-9-5-6-10-14(13)16(17)20-11-12-7-3-2-4-8-12/h2-10,16H,11H2,1H3. The van der Waals surface area contributed by atoms with Crippen molar-refractivity contribution in [3.8, 4) is 0 Å². The lowest BCUT2D eigenvalue weighted by Gasteiger charge is -2.22. The lowest BCUT2D eigenvalue weighted by molar-refractivity contribution is -0.202. The van der Waals surface area contributed by atoms with Crippen molar-refractivity contribution < 1.29 is 14.4 Å². The molecule has 1 atom stereocenters. The van der Waals surface area contributed by atoms with E-state index in [4.69, 9.17) is 9.57 Å². The van der Waals surface area contributed by atoms with Gasteiger partial charge in [-0.2, -0.15) is 5.06 Å². The molecule has 4 heteroatoms. The third kappa shape index (κ3) is 2.19. The van der Waals surface area contributed by atoms with E-state index in [1.54, 1.807) is 6.07 Å². The highest BCUT2D eigenvalue weighted by molar-refractivity contribution is 5.98. The van der Waals surface area contributed by atoms with Crippen LogP contribution < -0.4 is 0 Å². The predicted octanol–water partition coefficient (Wildman–Crippen LogP) is 2.92. The van der Waals surface area contributed by atoms with Crippen LogP contribution in [0.5, 0.6) is 0 Å². The fraction of sp³-hybridized carbons (Fsp3) is 0.188. The van der Waals surface area contributed by atoms with Crippen molar-refractivity contribution in [2.45, 2.75) is 12.8 Å². The smallest absolute Gasteiger partial charge is 0.280 e. The highest BCUT2D eigenvalue weighted by atomic mass is 16.7. The summed E-state index contributed by atoms with van der Waals surface area (Å²) in [7, 11) is 1.47. The van der Waals surface area contributed by atoms with Gasteiger partial charge in [-0.1, -0.05) is 48.5 Å². The number of nitrogens with zero attached hydrogens (tertiary/aromatic N) is 1. The SMILES string of the molecule is CON1C(=O)c2ccccc2C1OCc1ccccc1. The molecule has 20 heavy (non-hydrogen) atoms. The molecule has 0 spiro atoms. The fourth-order valence-electron chi connectivity index (χ4n) is 2.34. The summed E-state index contributed by atoms with van der Waals surface area (Å²) < 4.78 is 5.87. The first kappa shape index (κ1) is 12.8. The van der Waals surface area contributed by atoms with E-state index in [0.29, 0.717) is 12.2 Å². The van der Waals surface area contributed by atoms with Crippen LogP contribution in [0.15, 0.2) is 54.6 Å². The molecule has 1 aliphatic heterocycles. The molecule has 1 heterocycles. The molecule has 1 aliphatic rings. The number of carbonyl (C=O) groups is 1. The molecule has 1 amide bonds. The van der Waals surface area contributed by atoms with Crippen molar-refractivity contribution in [2.75, 3.05) is 7.11 Å². The van der Waals surface area contributed by atoms with Crippen molar-refractivity contribution in [3.05, 3.63) is 71.3 Å². The Bertz CT molecular complexity index is 612. The minimum absolute atomic E-state index is 0.166. The minimum atomic E-state index is -0.496. The number of hydrogen-bond donors (Lipinski definition) is 0. The highest BCUT2D eigenvalue weighted by Crippen LogP contribution is 2.34. The van der Waals surface area contributed by atoms with Crippen LogP contribution in [0.3, 0.4) is 0 Å². The van der Waals surface area contributed by atoms with Crippen molar-refractivity contribution in [2.24, 2.45) is 0 Å². The number of carbonyl (C=O) groups excluding carboxylic acids is 1. The van der Waals surface area contributed by atoms with Crippen LogP contribution in [-0.2, 0) is 16.2 Å². The molecule has 0 aliphatic carbocycles. The van der Waals surface area contributed by atoms with Gasteiger partial charge in [-0.25, -0.2) is 0 Å². The molecule has 2 aromatic carbocycles. The van der Waals surface area contributed by atoms with Gasteiger partial charge in [0.05, 0.1) is 13.7 Å². The normalized spacial score (nSPS) is 17.4. The fourth-order valence-corrected chi connectivity index (χ4v) is 2.34. The molecule has 0 saturated carbocycles. The van der Waals surface area contributed by atoms with Crippen LogP contribution in [0.4, 0.5) is 0 Å². The summed E-state index contributed by atoms with van der Waals surface area (Å²) in [4.78, 5) is 17.3. The zero-order chi connectivity index (χ0) is 13.9. The molecule has 0 saturated heterocycles. The summed E-state index contributed by atoms with van der Waals surface area (Å²) in [5.74, 6) is -0.166. The number of ether oxygens (including phenoxy) is 1. The average Bonchev–Trinajstić information content (AvgIpc) is 2.78. The number of hydroxylamine groups is 2. The van der Waals surface area contributed by atoms with Crippen LogP contribution in [0.2, 0.25) is 0 Å². The Kier molecular flexibility index (Phi) is 3.50. The summed E-state index contributed by atoms with van der Waals surface area (Å²) in [6.07, 6.45) is -0.496. The summed E-state index contributed by atoms with van der Waals surface area (Å²) in [6.45, 7) is 0.424. The summed E-state index contributed by atoms with van der Waals surface area (Å²) in [6, 6.07) is 17.3. The van der Waals surface area contributed by atoms with Crippen molar-refractivity contribution in [3.63, 3.8) is 0 Å². The van der Waals surface area contributed by atoms with Gasteiger partial charge in [-0.15, -0.1) is 0 Å². The van der Waals surface area contributed by atoms with Gasteiger partial charge in [-0.3, -0.25) is 9.63 Å². The third-order valence-electron chi connectivity index (χ3n) is 3.32.